The summed E-state index contributed by atoms with van der Waals surface area (Å²) in [5.41, 5.74) is 0. The van der Waals surface area contributed by atoms with Gasteiger partial charge in [0.1, 0.15) is 5.82 Å². The van der Waals surface area contributed by atoms with Gasteiger partial charge in [-0.3, -0.25) is 0 Å². The molecule has 0 saturated heterocycles. The molecular weight excluding hydrogens is 222 g/mol. The van der Waals surface area contributed by atoms with Crippen LogP contribution in [0.25, 0.3) is 0 Å². The van der Waals surface area contributed by atoms with Gasteiger partial charge in [0, 0.05) is 12.1 Å². The van der Waals surface area contributed by atoms with Gasteiger partial charge in [0.05, 0.1) is 6.20 Å². The summed E-state index contributed by atoms with van der Waals surface area (Å²) in [6.07, 6.45) is 6.86. The fraction of sp³-hybridized carbons (Fsp3) is 0.615. The van der Waals surface area contributed by atoms with Crippen LogP contribution in [0.3, 0.4) is 0 Å². The summed E-state index contributed by atoms with van der Waals surface area (Å²) >= 11 is 0. The third-order valence-electron chi connectivity index (χ3n) is 3.49. The highest BCUT2D eigenvalue weighted by molar-refractivity contribution is 5.37. The SMILES string of the molecule is CC1CCCCCC1Nc1ncc(F)cc1F. The topological polar surface area (TPSA) is 24.9 Å². The molecule has 1 aliphatic rings. The van der Waals surface area contributed by atoms with E-state index in [2.05, 4.69) is 17.2 Å². The molecule has 4 heteroatoms. The Bertz CT molecular complexity index is 382. The fourth-order valence-corrected chi connectivity index (χ4v) is 2.40. The van der Waals surface area contributed by atoms with Crippen LogP contribution in [0.4, 0.5) is 14.6 Å². The summed E-state index contributed by atoms with van der Waals surface area (Å²) in [6, 6.07) is 1.11. The summed E-state index contributed by atoms with van der Waals surface area (Å²) in [5, 5.41) is 3.11. The molecule has 1 aromatic heterocycles. The molecule has 17 heavy (non-hydrogen) atoms. The number of hydrogen-bond acceptors (Lipinski definition) is 2. The van der Waals surface area contributed by atoms with E-state index < -0.39 is 11.6 Å². The predicted molar refractivity (Wildman–Crippen MR) is 63.8 cm³/mol. The van der Waals surface area contributed by atoms with E-state index in [0.717, 1.165) is 31.5 Å². The van der Waals surface area contributed by atoms with E-state index in [-0.39, 0.29) is 11.9 Å². The lowest BCUT2D eigenvalue weighted by molar-refractivity contribution is 0.452. The van der Waals surface area contributed by atoms with E-state index >= 15 is 0 Å². The number of halogens is 2. The molecule has 2 nitrogen and oxygen atoms in total. The summed E-state index contributed by atoms with van der Waals surface area (Å²) in [5.74, 6) is -0.572. The summed E-state index contributed by atoms with van der Waals surface area (Å²) < 4.78 is 26.2. The van der Waals surface area contributed by atoms with Crippen molar-refractivity contribution >= 4 is 5.82 Å². The van der Waals surface area contributed by atoms with Crippen molar-refractivity contribution < 1.29 is 8.78 Å². The van der Waals surface area contributed by atoms with Crippen LogP contribution in [-0.4, -0.2) is 11.0 Å². The van der Waals surface area contributed by atoms with Gasteiger partial charge in [-0.15, -0.1) is 0 Å². The minimum absolute atomic E-state index is 0.171. The lowest BCUT2D eigenvalue weighted by Crippen LogP contribution is -2.27. The van der Waals surface area contributed by atoms with Gasteiger partial charge < -0.3 is 5.32 Å². The third-order valence-corrected chi connectivity index (χ3v) is 3.49. The monoisotopic (exact) mass is 240 g/mol. The van der Waals surface area contributed by atoms with E-state index in [9.17, 15) is 8.78 Å². The zero-order chi connectivity index (χ0) is 12.3. The molecule has 1 N–H and O–H groups in total. The van der Waals surface area contributed by atoms with Gasteiger partial charge in [-0.25, -0.2) is 13.8 Å². The molecule has 0 aromatic carbocycles. The van der Waals surface area contributed by atoms with Crippen LogP contribution in [0.2, 0.25) is 0 Å². The van der Waals surface area contributed by atoms with E-state index in [4.69, 9.17) is 0 Å². The molecule has 1 heterocycles. The third kappa shape index (κ3) is 3.14. The number of rotatable bonds is 2. The molecule has 0 amide bonds. The van der Waals surface area contributed by atoms with Crippen LogP contribution >= 0.6 is 0 Å². The zero-order valence-corrected chi connectivity index (χ0v) is 10.0. The molecule has 94 valence electrons. The first-order valence-corrected chi connectivity index (χ1v) is 6.24. The van der Waals surface area contributed by atoms with Gasteiger partial charge in [-0.1, -0.05) is 26.2 Å². The molecule has 1 aromatic rings. The summed E-state index contributed by atoms with van der Waals surface area (Å²) in [6.45, 7) is 2.17. The van der Waals surface area contributed by atoms with Crippen molar-refractivity contribution in [3.05, 3.63) is 23.9 Å². The van der Waals surface area contributed by atoms with Gasteiger partial charge in [0.2, 0.25) is 0 Å². The molecule has 1 saturated carbocycles. The highest BCUT2D eigenvalue weighted by atomic mass is 19.1. The van der Waals surface area contributed by atoms with Gasteiger partial charge >= 0.3 is 0 Å². The Morgan fingerprint density at radius 3 is 2.76 bits per heavy atom. The quantitative estimate of drug-likeness (QED) is 0.796. The lowest BCUT2D eigenvalue weighted by atomic mass is 9.97. The van der Waals surface area contributed by atoms with E-state index in [1.54, 1.807) is 0 Å². The van der Waals surface area contributed by atoms with Crippen molar-refractivity contribution in [1.29, 1.82) is 0 Å². The smallest absolute Gasteiger partial charge is 0.168 e. The first kappa shape index (κ1) is 12.3. The van der Waals surface area contributed by atoms with Crippen LogP contribution in [0.1, 0.15) is 39.0 Å². The molecule has 0 spiro atoms. The van der Waals surface area contributed by atoms with Gasteiger partial charge in [-0.05, 0) is 18.8 Å². The van der Waals surface area contributed by atoms with Crippen molar-refractivity contribution in [2.45, 2.75) is 45.1 Å². The average Bonchev–Trinajstić information content (AvgIpc) is 2.48. The summed E-state index contributed by atoms with van der Waals surface area (Å²) in [4.78, 5) is 3.78. The number of pyridine rings is 1. The zero-order valence-electron chi connectivity index (χ0n) is 10.0. The number of hydrogen-bond donors (Lipinski definition) is 1. The molecule has 0 radical (unpaired) electrons. The Balaban J connectivity index is 2.08. The Kier molecular flexibility index (Phi) is 3.92. The first-order chi connectivity index (χ1) is 8.16. The second-order valence-corrected chi connectivity index (χ2v) is 4.85. The maximum absolute atomic E-state index is 13.5. The molecule has 2 unspecified atom stereocenters. The lowest BCUT2D eigenvalue weighted by Gasteiger charge is -2.23. The molecule has 2 rings (SSSR count). The van der Waals surface area contributed by atoms with Crippen LogP contribution in [0, 0.1) is 17.6 Å². The van der Waals surface area contributed by atoms with E-state index in [0.29, 0.717) is 5.92 Å². The van der Waals surface area contributed by atoms with Crippen molar-refractivity contribution in [3.8, 4) is 0 Å². The first-order valence-electron chi connectivity index (χ1n) is 6.24. The van der Waals surface area contributed by atoms with Crippen molar-refractivity contribution in [1.82, 2.24) is 4.98 Å². The van der Waals surface area contributed by atoms with Gasteiger partial charge in [0.25, 0.3) is 0 Å². The molecule has 1 aliphatic carbocycles. The number of anilines is 1. The highest BCUT2D eigenvalue weighted by Crippen LogP contribution is 2.26. The van der Waals surface area contributed by atoms with Gasteiger partial charge in [-0.2, -0.15) is 0 Å². The maximum Gasteiger partial charge on any atom is 0.168 e. The highest BCUT2D eigenvalue weighted by Gasteiger charge is 2.21. The second kappa shape index (κ2) is 5.43. The number of aromatic nitrogens is 1. The Morgan fingerprint density at radius 1 is 1.24 bits per heavy atom. The van der Waals surface area contributed by atoms with Crippen LogP contribution < -0.4 is 5.32 Å². The Morgan fingerprint density at radius 2 is 2.00 bits per heavy atom. The number of nitrogens with zero attached hydrogens (tertiary/aromatic N) is 1. The second-order valence-electron chi connectivity index (χ2n) is 4.85. The fourth-order valence-electron chi connectivity index (χ4n) is 2.40. The van der Waals surface area contributed by atoms with Crippen LogP contribution in [0.5, 0.6) is 0 Å². The van der Waals surface area contributed by atoms with Crippen molar-refractivity contribution in [2.75, 3.05) is 5.32 Å². The predicted octanol–water partition coefficient (Wildman–Crippen LogP) is 3.74. The normalized spacial score (nSPS) is 25.4. The molecular formula is C13H18F2N2. The molecule has 1 fully saturated rings. The van der Waals surface area contributed by atoms with Gasteiger partial charge in [0.15, 0.2) is 11.6 Å². The standard InChI is InChI=1S/C13H18F2N2/c1-9-5-3-2-4-6-12(9)17-13-11(15)7-10(14)8-16-13/h7-9,12H,2-6H2,1H3,(H,16,17). The van der Waals surface area contributed by atoms with Crippen molar-refractivity contribution in [3.63, 3.8) is 0 Å². The van der Waals surface area contributed by atoms with E-state index in [1.807, 2.05) is 0 Å². The largest absolute Gasteiger partial charge is 0.365 e. The maximum atomic E-state index is 13.5. The number of nitrogens with one attached hydrogen (secondary N) is 1. The van der Waals surface area contributed by atoms with Crippen LogP contribution in [0.15, 0.2) is 12.3 Å². The summed E-state index contributed by atoms with van der Waals surface area (Å²) in [7, 11) is 0. The Labute approximate surface area is 100 Å². The minimum atomic E-state index is -0.637. The van der Waals surface area contributed by atoms with Crippen LogP contribution in [-0.2, 0) is 0 Å². The minimum Gasteiger partial charge on any atom is -0.365 e. The molecule has 0 bridgehead atoms. The Hall–Kier alpha value is -1.19. The molecule has 2 atom stereocenters. The molecule has 0 aliphatic heterocycles. The van der Waals surface area contributed by atoms with Crippen molar-refractivity contribution in [2.24, 2.45) is 5.92 Å². The average molecular weight is 240 g/mol. The van der Waals surface area contributed by atoms with E-state index in [1.165, 1.54) is 12.8 Å².